The van der Waals surface area contributed by atoms with Crippen LogP contribution in [-0.2, 0) is 9.59 Å². The quantitative estimate of drug-likeness (QED) is 0.816. The van der Waals surface area contributed by atoms with Crippen molar-refractivity contribution in [2.45, 2.75) is 46.1 Å². The van der Waals surface area contributed by atoms with Gasteiger partial charge < -0.3 is 15.3 Å². The third-order valence-corrected chi connectivity index (χ3v) is 4.89. The fourth-order valence-electron chi connectivity index (χ4n) is 3.33. The van der Waals surface area contributed by atoms with Gasteiger partial charge >= 0.3 is 5.97 Å². The van der Waals surface area contributed by atoms with Gasteiger partial charge in [0, 0.05) is 25.1 Å². The summed E-state index contributed by atoms with van der Waals surface area (Å²) in [5.41, 5.74) is 1.54. The highest BCUT2D eigenvalue weighted by Gasteiger charge is 2.31. The Labute approximate surface area is 154 Å². The first-order chi connectivity index (χ1) is 12.3. The first kappa shape index (κ1) is 19.9. The van der Waals surface area contributed by atoms with E-state index in [4.69, 9.17) is 5.11 Å². The summed E-state index contributed by atoms with van der Waals surface area (Å²) in [5, 5.41) is 11.8. The molecule has 2 N–H and O–H groups in total. The number of carboxylic acid groups (broad SMARTS) is 1. The Hall–Kier alpha value is -2.37. The molecule has 1 aliphatic heterocycles. The van der Waals surface area contributed by atoms with Gasteiger partial charge in [-0.25, -0.2) is 0 Å². The second-order valence-corrected chi connectivity index (χ2v) is 7.43. The monoisotopic (exact) mass is 360 g/mol. The fraction of sp³-hybridized carbons (Fsp3) is 0.550. The second-order valence-electron chi connectivity index (χ2n) is 7.43. The van der Waals surface area contributed by atoms with Gasteiger partial charge in [-0.3, -0.25) is 14.4 Å². The zero-order chi connectivity index (χ0) is 19.3. The topological polar surface area (TPSA) is 86.7 Å². The largest absolute Gasteiger partial charge is 0.481 e. The number of nitrogens with one attached hydrogen (secondary N) is 1. The van der Waals surface area contributed by atoms with Crippen LogP contribution in [0.1, 0.15) is 49.0 Å². The molecule has 1 aromatic carbocycles. The molecule has 6 nitrogen and oxygen atoms in total. The molecule has 6 heteroatoms. The van der Waals surface area contributed by atoms with Gasteiger partial charge in [0.05, 0.1) is 0 Å². The number of carbonyl (C=O) groups excluding carboxylic acids is 2. The smallest absolute Gasteiger partial charge is 0.303 e. The maximum absolute atomic E-state index is 12.9. The Morgan fingerprint density at radius 1 is 1.23 bits per heavy atom. The Morgan fingerprint density at radius 2 is 1.88 bits per heavy atom. The normalized spacial score (nSPS) is 16.4. The van der Waals surface area contributed by atoms with E-state index in [9.17, 15) is 14.4 Å². The lowest BCUT2D eigenvalue weighted by Crippen LogP contribution is -2.53. The molecule has 0 aliphatic carbocycles. The molecule has 0 bridgehead atoms. The highest BCUT2D eigenvalue weighted by atomic mass is 16.4. The Morgan fingerprint density at radius 3 is 2.42 bits per heavy atom. The van der Waals surface area contributed by atoms with Crippen LogP contribution in [0.15, 0.2) is 24.3 Å². The van der Waals surface area contributed by atoms with Crippen molar-refractivity contribution in [2.75, 3.05) is 13.1 Å². The van der Waals surface area contributed by atoms with Gasteiger partial charge in [0.25, 0.3) is 5.91 Å². The number of likely N-dealkylation sites (tertiary alicyclic amines) is 1. The summed E-state index contributed by atoms with van der Waals surface area (Å²) in [5.74, 6) is -1.04. The molecular weight excluding hydrogens is 332 g/mol. The van der Waals surface area contributed by atoms with Crippen LogP contribution >= 0.6 is 0 Å². The number of aliphatic carboxylic acids is 1. The zero-order valence-corrected chi connectivity index (χ0v) is 15.7. The summed E-state index contributed by atoms with van der Waals surface area (Å²) in [6, 6.07) is 6.70. The molecule has 26 heavy (non-hydrogen) atoms. The highest BCUT2D eigenvalue weighted by molar-refractivity contribution is 5.97. The predicted molar refractivity (Wildman–Crippen MR) is 98.8 cm³/mol. The van der Waals surface area contributed by atoms with Gasteiger partial charge in [-0.2, -0.15) is 0 Å². The molecule has 1 unspecified atom stereocenters. The number of nitrogens with zero attached hydrogens (tertiary/aromatic N) is 1. The van der Waals surface area contributed by atoms with Crippen LogP contribution in [0.3, 0.4) is 0 Å². The van der Waals surface area contributed by atoms with E-state index in [0.717, 1.165) is 5.56 Å². The lowest BCUT2D eigenvalue weighted by Gasteiger charge is -2.35. The average molecular weight is 360 g/mol. The van der Waals surface area contributed by atoms with Crippen molar-refractivity contribution in [3.8, 4) is 0 Å². The van der Waals surface area contributed by atoms with Gasteiger partial charge in [0.15, 0.2) is 0 Å². The van der Waals surface area contributed by atoms with Crippen LogP contribution in [0.2, 0.25) is 0 Å². The molecule has 1 atom stereocenters. The molecule has 1 aromatic rings. The average Bonchev–Trinajstić information content (AvgIpc) is 2.58. The van der Waals surface area contributed by atoms with E-state index in [1.54, 1.807) is 17.0 Å². The van der Waals surface area contributed by atoms with Gasteiger partial charge in [-0.1, -0.05) is 31.5 Å². The Bertz CT molecular complexity index is 664. The lowest BCUT2D eigenvalue weighted by molar-refractivity contribution is -0.139. The van der Waals surface area contributed by atoms with Crippen LogP contribution < -0.4 is 5.32 Å². The summed E-state index contributed by atoms with van der Waals surface area (Å²) in [6.07, 6.45) is 1.53. The van der Waals surface area contributed by atoms with Crippen LogP contribution in [0, 0.1) is 18.8 Å². The minimum absolute atomic E-state index is 0.0343. The third-order valence-electron chi connectivity index (χ3n) is 4.89. The number of carboxylic acids is 1. The van der Waals surface area contributed by atoms with Crippen LogP contribution in [0.4, 0.5) is 0 Å². The first-order valence-corrected chi connectivity index (χ1v) is 9.16. The number of rotatable bonds is 6. The van der Waals surface area contributed by atoms with Gasteiger partial charge in [-0.05, 0) is 43.7 Å². The SMILES string of the molecule is Cc1cccc(C(=O)NC(C(=O)N2CCC(CC(=O)O)CC2)C(C)C)c1. The number of carbonyl (C=O) groups is 3. The predicted octanol–water partition coefficient (Wildman–Crippen LogP) is 2.46. The number of hydrogen-bond donors (Lipinski definition) is 2. The minimum Gasteiger partial charge on any atom is -0.481 e. The third kappa shape index (κ3) is 5.31. The van der Waals surface area contributed by atoms with E-state index < -0.39 is 12.0 Å². The van der Waals surface area contributed by atoms with Gasteiger partial charge in [0.2, 0.25) is 5.91 Å². The summed E-state index contributed by atoms with van der Waals surface area (Å²) in [7, 11) is 0. The molecule has 0 radical (unpaired) electrons. The van der Waals surface area contributed by atoms with Crippen molar-refractivity contribution in [3.05, 3.63) is 35.4 Å². The van der Waals surface area contributed by atoms with E-state index in [0.29, 0.717) is 31.5 Å². The van der Waals surface area contributed by atoms with Crippen molar-refractivity contribution < 1.29 is 19.5 Å². The lowest BCUT2D eigenvalue weighted by atomic mass is 9.92. The van der Waals surface area contributed by atoms with Gasteiger partial charge in [0.1, 0.15) is 6.04 Å². The van der Waals surface area contributed by atoms with E-state index in [2.05, 4.69) is 5.32 Å². The maximum atomic E-state index is 12.9. The number of aryl methyl sites for hydroxylation is 1. The van der Waals surface area contributed by atoms with Crippen molar-refractivity contribution in [3.63, 3.8) is 0 Å². The first-order valence-electron chi connectivity index (χ1n) is 9.16. The molecule has 0 spiro atoms. The zero-order valence-electron chi connectivity index (χ0n) is 15.7. The summed E-state index contributed by atoms with van der Waals surface area (Å²) < 4.78 is 0. The van der Waals surface area contributed by atoms with Crippen molar-refractivity contribution in [1.82, 2.24) is 10.2 Å². The molecule has 0 aromatic heterocycles. The second kappa shape index (κ2) is 8.83. The van der Waals surface area contributed by atoms with E-state index in [1.165, 1.54) is 0 Å². The van der Waals surface area contributed by atoms with Gasteiger partial charge in [-0.15, -0.1) is 0 Å². The van der Waals surface area contributed by atoms with Crippen molar-refractivity contribution in [1.29, 1.82) is 0 Å². The van der Waals surface area contributed by atoms with Crippen LogP contribution in [-0.4, -0.2) is 46.9 Å². The minimum atomic E-state index is -0.791. The highest BCUT2D eigenvalue weighted by Crippen LogP contribution is 2.22. The van der Waals surface area contributed by atoms with Crippen LogP contribution in [0.5, 0.6) is 0 Å². The summed E-state index contributed by atoms with van der Waals surface area (Å²) >= 11 is 0. The summed E-state index contributed by atoms with van der Waals surface area (Å²) in [4.78, 5) is 38.0. The van der Waals surface area contributed by atoms with Crippen molar-refractivity contribution in [2.24, 2.45) is 11.8 Å². The molecular formula is C20H28N2O4. The van der Waals surface area contributed by atoms with E-state index in [-0.39, 0.29) is 30.1 Å². The molecule has 1 heterocycles. The molecule has 2 rings (SSSR count). The summed E-state index contributed by atoms with van der Waals surface area (Å²) in [6.45, 7) is 6.83. The number of benzene rings is 1. The number of piperidine rings is 1. The standard InChI is InChI=1S/C20H28N2O4/c1-13(2)18(21-19(25)16-6-4-5-14(3)11-16)20(26)22-9-7-15(8-10-22)12-17(23)24/h4-6,11,13,15,18H,7-10,12H2,1-3H3,(H,21,25)(H,23,24). The van der Waals surface area contributed by atoms with E-state index >= 15 is 0 Å². The molecule has 1 saturated heterocycles. The molecule has 142 valence electrons. The number of hydrogen-bond acceptors (Lipinski definition) is 3. The molecule has 2 amide bonds. The molecule has 1 aliphatic rings. The molecule has 0 saturated carbocycles. The Kier molecular flexibility index (Phi) is 6.77. The number of amides is 2. The fourth-order valence-corrected chi connectivity index (χ4v) is 3.33. The maximum Gasteiger partial charge on any atom is 0.303 e. The Balaban J connectivity index is 1.99. The van der Waals surface area contributed by atoms with E-state index in [1.807, 2.05) is 32.9 Å². The van der Waals surface area contributed by atoms with Crippen molar-refractivity contribution >= 4 is 17.8 Å². The van der Waals surface area contributed by atoms with Crippen LogP contribution in [0.25, 0.3) is 0 Å². The molecule has 1 fully saturated rings.